The maximum absolute atomic E-state index is 12.7. The van der Waals surface area contributed by atoms with Crippen molar-refractivity contribution >= 4 is 33.7 Å². The first kappa shape index (κ1) is 14.4. The highest BCUT2D eigenvalue weighted by Gasteiger charge is 2.34. The van der Waals surface area contributed by atoms with Crippen LogP contribution in [-0.2, 0) is 11.0 Å². The molecule has 0 bridgehead atoms. The molecule has 0 aliphatic carbocycles. The molecular weight excluding hydrogens is 321 g/mol. The monoisotopic (exact) mass is 328 g/mol. The van der Waals surface area contributed by atoms with Crippen LogP contribution in [0.25, 0.3) is 0 Å². The molecule has 0 fully saturated rings. The molecule has 0 amide bonds. The van der Waals surface area contributed by atoms with Crippen LogP contribution in [0.1, 0.15) is 12.5 Å². The fraction of sp³-hybridized carbons (Fsp3) is 0.300. The summed E-state index contributed by atoms with van der Waals surface area (Å²) in [6, 6.07) is 3.48. The van der Waals surface area contributed by atoms with Crippen molar-refractivity contribution in [3.63, 3.8) is 0 Å². The standard InChI is InChI=1S/C10H8BrF3O2S/c1-5(9(15)16)17-8-4-6(11)2-3-7(8)10(12,13)14/h2-5H,1H3,(H,15,16). The first-order valence-corrected chi connectivity index (χ1v) is 6.15. The number of hydrogen-bond acceptors (Lipinski definition) is 2. The molecule has 0 spiro atoms. The molecule has 17 heavy (non-hydrogen) atoms. The summed E-state index contributed by atoms with van der Waals surface area (Å²) in [4.78, 5) is 10.5. The highest BCUT2D eigenvalue weighted by Crippen LogP contribution is 2.39. The highest BCUT2D eigenvalue weighted by atomic mass is 79.9. The van der Waals surface area contributed by atoms with E-state index < -0.39 is 23.0 Å². The Morgan fingerprint density at radius 3 is 2.53 bits per heavy atom. The lowest BCUT2D eigenvalue weighted by atomic mass is 10.2. The van der Waals surface area contributed by atoms with Gasteiger partial charge in [0.25, 0.3) is 0 Å². The molecule has 1 aromatic rings. The van der Waals surface area contributed by atoms with Crippen LogP contribution in [0.4, 0.5) is 13.2 Å². The van der Waals surface area contributed by atoms with E-state index in [1.54, 1.807) is 0 Å². The van der Waals surface area contributed by atoms with Crippen LogP contribution < -0.4 is 0 Å². The van der Waals surface area contributed by atoms with Crippen molar-refractivity contribution in [1.82, 2.24) is 0 Å². The van der Waals surface area contributed by atoms with Gasteiger partial charge >= 0.3 is 12.1 Å². The smallest absolute Gasteiger partial charge is 0.417 e. The largest absolute Gasteiger partial charge is 0.480 e. The Labute approximate surface area is 108 Å². The minimum absolute atomic E-state index is 0.0956. The Balaban J connectivity index is 3.12. The molecule has 0 heterocycles. The van der Waals surface area contributed by atoms with Crippen molar-refractivity contribution in [2.24, 2.45) is 0 Å². The van der Waals surface area contributed by atoms with E-state index in [1.807, 2.05) is 0 Å². The van der Waals surface area contributed by atoms with Gasteiger partial charge in [0.1, 0.15) is 5.25 Å². The van der Waals surface area contributed by atoms with E-state index in [2.05, 4.69) is 15.9 Å². The summed E-state index contributed by atoms with van der Waals surface area (Å²) >= 11 is 3.73. The molecule has 94 valence electrons. The first-order valence-electron chi connectivity index (χ1n) is 4.48. The minimum atomic E-state index is -4.48. The van der Waals surface area contributed by atoms with Crippen LogP contribution in [0.2, 0.25) is 0 Å². The Morgan fingerprint density at radius 1 is 1.47 bits per heavy atom. The van der Waals surface area contributed by atoms with E-state index in [9.17, 15) is 18.0 Å². The van der Waals surface area contributed by atoms with Crippen LogP contribution in [0.5, 0.6) is 0 Å². The van der Waals surface area contributed by atoms with Gasteiger partial charge in [0, 0.05) is 9.37 Å². The third-order valence-electron chi connectivity index (χ3n) is 1.90. The molecule has 1 aromatic carbocycles. The number of thioether (sulfide) groups is 1. The van der Waals surface area contributed by atoms with Gasteiger partial charge in [-0.05, 0) is 25.1 Å². The molecule has 1 unspecified atom stereocenters. The summed E-state index contributed by atoms with van der Waals surface area (Å²) in [5.74, 6) is -1.15. The number of aliphatic carboxylic acids is 1. The van der Waals surface area contributed by atoms with Gasteiger partial charge in [-0.2, -0.15) is 13.2 Å². The zero-order valence-corrected chi connectivity index (χ0v) is 11.0. The maximum Gasteiger partial charge on any atom is 0.417 e. The lowest BCUT2D eigenvalue weighted by Crippen LogP contribution is -2.13. The molecule has 0 saturated heterocycles. The van der Waals surface area contributed by atoms with Crippen molar-refractivity contribution in [2.45, 2.75) is 23.2 Å². The van der Waals surface area contributed by atoms with Crippen molar-refractivity contribution in [1.29, 1.82) is 0 Å². The third kappa shape index (κ3) is 3.92. The summed E-state index contributed by atoms with van der Waals surface area (Å²) in [5, 5.41) is 7.75. The van der Waals surface area contributed by atoms with Crippen LogP contribution in [0.15, 0.2) is 27.6 Å². The van der Waals surface area contributed by atoms with Gasteiger partial charge in [-0.15, -0.1) is 11.8 Å². The second-order valence-electron chi connectivity index (χ2n) is 3.24. The number of rotatable bonds is 3. The zero-order valence-electron chi connectivity index (χ0n) is 8.58. The van der Waals surface area contributed by atoms with E-state index in [4.69, 9.17) is 5.11 Å². The van der Waals surface area contributed by atoms with Gasteiger partial charge in [0.05, 0.1) is 5.56 Å². The lowest BCUT2D eigenvalue weighted by molar-refractivity contribution is -0.140. The van der Waals surface area contributed by atoms with Crippen molar-refractivity contribution in [2.75, 3.05) is 0 Å². The van der Waals surface area contributed by atoms with E-state index in [0.29, 0.717) is 16.2 Å². The first-order chi connectivity index (χ1) is 7.71. The summed E-state index contributed by atoms with van der Waals surface area (Å²) in [6.07, 6.45) is -4.48. The molecule has 1 rings (SSSR count). The summed E-state index contributed by atoms with van der Waals surface area (Å²) in [7, 11) is 0. The lowest BCUT2D eigenvalue weighted by Gasteiger charge is -2.14. The zero-order chi connectivity index (χ0) is 13.2. The predicted octanol–water partition coefficient (Wildman–Crippen LogP) is 4.03. The molecule has 2 nitrogen and oxygen atoms in total. The molecule has 0 aliphatic heterocycles. The van der Waals surface area contributed by atoms with Gasteiger partial charge in [-0.3, -0.25) is 4.79 Å². The highest BCUT2D eigenvalue weighted by molar-refractivity contribution is 9.10. The van der Waals surface area contributed by atoms with Gasteiger partial charge in [-0.25, -0.2) is 0 Å². The van der Waals surface area contributed by atoms with Crippen LogP contribution in [0, 0.1) is 0 Å². The molecule has 1 atom stereocenters. The topological polar surface area (TPSA) is 37.3 Å². The minimum Gasteiger partial charge on any atom is -0.480 e. The van der Waals surface area contributed by atoms with E-state index in [1.165, 1.54) is 19.1 Å². The number of carboxylic acid groups (broad SMARTS) is 1. The van der Waals surface area contributed by atoms with Gasteiger partial charge < -0.3 is 5.11 Å². The SMILES string of the molecule is CC(Sc1cc(Br)ccc1C(F)(F)F)C(=O)O. The Bertz CT molecular complexity index is 434. The van der Waals surface area contributed by atoms with Crippen molar-refractivity contribution in [3.8, 4) is 0 Å². The second-order valence-corrected chi connectivity index (χ2v) is 5.53. The number of carbonyl (C=O) groups is 1. The van der Waals surface area contributed by atoms with Crippen LogP contribution >= 0.6 is 27.7 Å². The summed E-state index contributed by atoms with van der Waals surface area (Å²) in [6.45, 7) is 1.34. The third-order valence-corrected chi connectivity index (χ3v) is 3.54. The molecular formula is C10H8BrF3O2S. The van der Waals surface area contributed by atoms with E-state index in [-0.39, 0.29) is 4.90 Å². The molecule has 0 radical (unpaired) electrons. The van der Waals surface area contributed by atoms with Crippen molar-refractivity contribution < 1.29 is 23.1 Å². The normalized spacial score (nSPS) is 13.5. The maximum atomic E-state index is 12.7. The second kappa shape index (κ2) is 5.30. The van der Waals surface area contributed by atoms with Crippen molar-refractivity contribution in [3.05, 3.63) is 28.2 Å². The van der Waals surface area contributed by atoms with Gasteiger partial charge in [-0.1, -0.05) is 15.9 Å². The molecule has 0 aromatic heterocycles. The number of halogens is 4. The van der Waals surface area contributed by atoms with Crippen LogP contribution in [-0.4, -0.2) is 16.3 Å². The molecule has 0 saturated carbocycles. The number of alkyl halides is 3. The van der Waals surface area contributed by atoms with Crippen LogP contribution in [0.3, 0.4) is 0 Å². The Hall–Kier alpha value is -0.690. The van der Waals surface area contributed by atoms with E-state index in [0.717, 1.165) is 6.07 Å². The summed E-state index contributed by atoms with van der Waals surface area (Å²) < 4.78 is 38.4. The molecule has 7 heteroatoms. The molecule has 1 N–H and O–H groups in total. The fourth-order valence-electron chi connectivity index (χ4n) is 1.07. The average molecular weight is 329 g/mol. The predicted molar refractivity (Wildman–Crippen MR) is 62.1 cm³/mol. The Kier molecular flexibility index (Phi) is 4.48. The van der Waals surface area contributed by atoms with E-state index >= 15 is 0 Å². The number of benzene rings is 1. The number of carboxylic acids is 1. The van der Waals surface area contributed by atoms with Gasteiger partial charge in [0.15, 0.2) is 0 Å². The quantitative estimate of drug-likeness (QED) is 0.851. The number of hydrogen-bond donors (Lipinski definition) is 1. The average Bonchev–Trinajstić information content (AvgIpc) is 2.15. The fourth-order valence-corrected chi connectivity index (χ4v) is 2.57. The van der Waals surface area contributed by atoms with Gasteiger partial charge in [0.2, 0.25) is 0 Å². The summed E-state index contributed by atoms with van der Waals surface area (Å²) in [5.41, 5.74) is -0.821. The molecule has 0 aliphatic rings. The Morgan fingerprint density at radius 2 is 2.06 bits per heavy atom.